The van der Waals surface area contributed by atoms with Gasteiger partial charge in [0.05, 0.1) is 0 Å². The number of carboxylic acid groups (broad SMARTS) is 2. The van der Waals surface area contributed by atoms with E-state index in [1.54, 1.807) is 7.05 Å². The topological polar surface area (TPSA) is 102 Å². The molecule has 0 aromatic carbocycles. The van der Waals surface area contributed by atoms with Gasteiger partial charge in [-0.2, -0.15) is 0 Å². The van der Waals surface area contributed by atoms with Crippen molar-refractivity contribution in [3.05, 3.63) is 0 Å². The third kappa shape index (κ3) is 12.8. The van der Waals surface area contributed by atoms with E-state index in [2.05, 4.69) is 10.3 Å². The molecule has 0 amide bonds. The zero-order valence-corrected chi connectivity index (χ0v) is 9.61. The van der Waals surface area contributed by atoms with Gasteiger partial charge in [0.1, 0.15) is 0 Å². The molecular weight excluding hydrogens is 197 g/mol. The maximum atomic E-state index is 9.10. The van der Waals surface area contributed by atoms with Crippen molar-refractivity contribution in [1.29, 1.82) is 0 Å². The summed E-state index contributed by atoms with van der Waals surface area (Å²) >= 11 is 0. The van der Waals surface area contributed by atoms with Crippen molar-refractivity contribution in [1.82, 2.24) is 10.2 Å². The van der Waals surface area contributed by atoms with Crippen LogP contribution in [0.3, 0.4) is 0 Å². The largest absolute Gasteiger partial charge is 1.00 e. The quantitative estimate of drug-likeness (QED) is 0.164. The Kier molecular flexibility index (Phi) is 14.1. The summed E-state index contributed by atoms with van der Waals surface area (Å²) in [6.45, 7) is 0. The molecule has 0 spiro atoms. The van der Waals surface area contributed by atoms with Crippen molar-refractivity contribution in [3.63, 3.8) is 0 Å². The number of nitrogens with zero attached hydrogens (tertiary/aromatic N) is 2. The van der Waals surface area contributed by atoms with Gasteiger partial charge in [-0.15, -0.1) is 0 Å². The van der Waals surface area contributed by atoms with Crippen molar-refractivity contribution in [2.75, 3.05) is 28.2 Å². The SMILES string of the molecule is CN=C(NC)N(C)C.O=C(O)C(=O)O.[H-].[Li+]. The molecule has 0 saturated carbocycles. The average molecular weight is 213 g/mol. The van der Waals surface area contributed by atoms with Crippen LogP contribution in [-0.4, -0.2) is 61.2 Å². The Labute approximate surface area is 102 Å². The molecule has 0 aromatic heterocycles. The first-order valence-electron chi connectivity index (χ1n) is 3.64. The van der Waals surface area contributed by atoms with Gasteiger partial charge in [0.2, 0.25) is 0 Å². The van der Waals surface area contributed by atoms with Crippen LogP contribution < -0.4 is 24.2 Å². The molecule has 0 heterocycles. The number of nitrogens with one attached hydrogen (secondary N) is 1. The summed E-state index contributed by atoms with van der Waals surface area (Å²) in [5.41, 5.74) is 0. The molecule has 0 aliphatic heterocycles. The standard InChI is InChI=1S/C5H13N3.C2H2O4.Li.H/c1-6-5(7-2)8(3)4;3-1(4)2(5)6;;/h1-4H3,(H,6,7);(H,3,4)(H,5,6);;/q;;+1;-1. The predicted molar refractivity (Wildman–Crippen MR) is 52.5 cm³/mol. The van der Waals surface area contributed by atoms with Crippen LogP contribution in [0, 0.1) is 0 Å². The molecule has 84 valence electrons. The molecule has 0 bridgehead atoms. The van der Waals surface area contributed by atoms with Gasteiger partial charge >= 0.3 is 30.8 Å². The van der Waals surface area contributed by atoms with Crippen molar-refractivity contribution in [2.24, 2.45) is 4.99 Å². The molecule has 0 radical (unpaired) electrons. The Bertz CT molecular complexity index is 224. The fourth-order valence-corrected chi connectivity index (χ4v) is 0.535. The van der Waals surface area contributed by atoms with Gasteiger partial charge < -0.3 is 21.9 Å². The molecule has 0 aliphatic carbocycles. The van der Waals surface area contributed by atoms with Crippen LogP contribution in [-0.2, 0) is 9.59 Å². The Morgan fingerprint density at radius 1 is 1.27 bits per heavy atom. The minimum Gasteiger partial charge on any atom is -1.00 e. The Morgan fingerprint density at radius 3 is 1.60 bits per heavy atom. The van der Waals surface area contributed by atoms with Gasteiger partial charge in [0.15, 0.2) is 5.96 Å². The second-order valence-electron chi connectivity index (χ2n) is 2.30. The van der Waals surface area contributed by atoms with Crippen molar-refractivity contribution in [3.8, 4) is 0 Å². The molecule has 8 heteroatoms. The van der Waals surface area contributed by atoms with E-state index >= 15 is 0 Å². The van der Waals surface area contributed by atoms with Gasteiger partial charge in [-0.1, -0.05) is 0 Å². The number of hydrogen-bond acceptors (Lipinski definition) is 3. The minimum atomic E-state index is -1.82. The fourth-order valence-electron chi connectivity index (χ4n) is 0.535. The molecular formula is C7H16LiN3O4. The number of carboxylic acids is 2. The second kappa shape index (κ2) is 10.9. The van der Waals surface area contributed by atoms with Crippen LogP contribution in [0.4, 0.5) is 0 Å². The van der Waals surface area contributed by atoms with E-state index in [4.69, 9.17) is 19.8 Å². The normalized spacial score (nSPS) is 8.93. The van der Waals surface area contributed by atoms with E-state index in [-0.39, 0.29) is 20.3 Å². The van der Waals surface area contributed by atoms with E-state index in [1.165, 1.54) is 0 Å². The number of guanidine groups is 1. The maximum absolute atomic E-state index is 9.10. The van der Waals surface area contributed by atoms with E-state index < -0.39 is 11.9 Å². The first-order valence-corrected chi connectivity index (χ1v) is 3.64. The molecule has 0 atom stereocenters. The maximum Gasteiger partial charge on any atom is 1.00 e. The van der Waals surface area contributed by atoms with Crippen LogP contribution >= 0.6 is 0 Å². The fraction of sp³-hybridized carbons (Fsp3) is 0.571. The molecule has 15 heavy (non-hydrogen) atoms. The number of carbonyl (C=O) groups is 2. The number of aliphatic carboxylic acids is 2. The van der Waals surface area contributed by atoms with E-state index in [0.717, 1.165) is 5.96 Å². The number of hydrogen-bond donors (Lipinski definition) is 3. The van der Waals surface area contributed by atoms with Gasteiger partial charge in [-0.25, -0.2) is 9.59 Å². The minimum absolute atomic E-state index is 0. The summed E-state index contributed by atoms with van der Waals surface area (Å²) in [7, 11) is 7.49. The summed E-state index contributed by atoms with van der Waals surface area (Å²) in [6, 6.07) is 0. The number of aliphatic imine (C=N–C) groups is 1. The smallest absolute Gasteiger partial charge is 1.00 e. The summed E-state index contributed by atoms with van der Waals surface area (Å²) in [5, 5.41) is 17.7. The molecule has 0 unspecified atom stereocenters. The van der Waals surface area contributed by atoms with E-state index in [0.29, 0.717) is 0 Å². The van der Waals surface area contributed by atoms with E-state index in [9.17, 15) is 0 Å². The van der Waals surface area contributed by atoms with Crippen LogP contribution in [0.15, 0.2) is 4.99 Å². The van der Waals surface area contributed by atoms with Crippen molar-refractivity contribution in [2.45, 2.75) is 0 Å². The summed E-state index contributed by atoms with van der Waals surface area (Å²) < 4.78 is 0. The monoisotopic (exact) mass is 213 g/mol. The zero-order chi connectivity index (χ0) is 11.7. The molecule has 7 nitrogen and oxygen atoms in total. The van der Waals surface area contributed by atoms with Gasteiger partial charge in [0, 0.05) is 28.2 Å². The number of rotatable bonds is 0. The molecule has 0 aromatic rings. The Balaban J connectivity index is -0.0000000825. The van der Waals surface area contributed by atoms with Gasteiger partial charge in [-0.3, -0.25) is 4.99 Å². The van der Waals surface area contributed by atoms with Gasteiger partial charge in [0.25, 0.3) is 0 Å². The average Bonchev–Trinajstić information content (AvgIpc) is 2.06. The van der Waals surface area contributed by atoms with Gasteiger partial charge in [-0.05, 0) is 0 Å². The second-order valence-corrected chi connectivity index (χ2v) is 2.30. The molecule has 0 rings (SSSR count). The first kappa shape index (κ1) is 19.4. The predicted octanol–water partition coefficient (Wildman–Crippen LogP) is -3.97. The molecule has 0 fully saturated rings. The summed E-state index contributed by atoms with van der Waals surface area (Å²) in [5.74, 6) is -2.75. The third-order valence-corrected chi connectivity index (χ3v) is 1.04. The summed E-state index contributed by atoms with van der Waals surface area (Å²) in [6.07, 6.45) is 0. The zero-order valence-electron chi connectivity index (χ0n) is 10.6. The Morgan fingerprint density at radius 2 is 1.60 bits per heavy atom. The molecule has 3 N–H and O–H groups in total. The van der Waals surface area contributed by atoms with Crippen LogP contribution in [0.5, 0.6) is 0 Å². The van der Waals surface area contributed by atoms with Crippen molar-refractivity contribution < 1.29 is 40.1 Å². The van der Waals surface area contributed by atoms with Crippen LogP contribution in [0.2, 0.25) is 0 Å². The third-order valence-electron chi connectivity index (χ3n) is 1.04. The van der Waals surface area contributed by atoms with E-state index in [1.807, 2.05) is 26.0 Å². The summed E-state index contributed by atoms with van der Waals surface area (Å²) in [4.78, 5) is 24.1. The molecule has 0 saturated heterocycles. The van der Waals surface area contributed by atoms with Crippen LogP contribution in [0.1, 0.15) is 1.43 Å². The van der Waals surface area contributed by atoms with Crippen LogP contribution in [0.25, 0.3) is 0 Å². The molecule has 0 aliphatic rings. The first-order chi connectivity index (χ1) is 6.36. The van der Waals surface area contributed by atoms with Crippen molar-refractivity contribution >= 4 is 17.9 Å². The Hall–Kier alpha value is -1.19.